The van der Waals surface area contributed by atoms with Crippen molar-refractivity contribution >= 4 is 0 Å². The summed E-state index contributed by atoms with van der Waals surface area (Å²) in [7, 11) is 0. The molecule has 0 heterocycles. The highest BCUT2D eigenvalue weighted by Crippen LogP contribution is 2.58. The third kappa shape index (κ3) is 34.2. The highest BCUT2D eigenvalue weighted by molar-refractivity contribution is 4.98. The van der Waals surface area contributed by atoms with Crippen LogP contribution >= 0.6 is 0 Å². The van der Waals surface area contributed by atoms with E-state index in [4.69, 9.17) is 0 Å². The van der Waals surface area contributed by atoms with Gasteiger partial charge in [-0.2, -0.15) is 0 Å². The molecule has 0 N–H and O–H groups in total. The Hall–Kier alpha value is 0. The third-order valence-corrected chi connectivity index (χ3v) is 16.4. The monoisotopic (exact) mass is 967 g/mol. The van der Waals surface area contributed by atoms with Gasteiger partial charge in [-0.3, -0.25) is 0 Å². The first-order chi connectivity index (χ1) is 30.7. The molecule has 69 heavy (non-hydrogen) atoms. The lowest BCUT2D eigenvalue weighted by Gasteiger charge is -2.49. The minimum absolute atomic E-state index is 0. The maximum atomic E-state index is 2.19. The molecule has 414 valence electrons. The van der Waals surface area contributed by atoms with Crippen molar-refractivity contribution in [3.05, 3.63) is 0 Å². The average molecular weight is 968 g/mol. The fourth-order valence-corrected chi connectivity index (χ4v) is 14.7. The Morgan fingerprint density at radius 1 is 0.174 bits per heavy atom. The highest BCUT2D eigenvalue weighted by Gasteiger charge is 2.47. The van der Waals surface area contributed by atoms with E-state index in [2.05, 4.69) is 138 Å². The number of hydrogen-bond donors (Lipinski definition) is 0. The molecule has 0 aromatic carbocycles. The molecule has 15 fully saturated rings. The van der Waals surface area contributed by atoms with Crippen molar-refractivity contribution in [2.24, 2.45) is 110 Å². The second-order valence-corrected chi connectivity index (χ2v) is 34.3. The molecule has 0 aromatic rings. The van der Waals surface area contributed by atoms with Gasteiger partial charge in [0.25, 0.3) is 0 Å². The van der Waals surface area contributed by atoms with Gasteiger partial charge in [-0.1, -0.05) is 256 Å². The molecule has 0 aromatic heterocycles. The number of hydrogen-bond acceptors (Lipinski definition) is 0. The first-order valence-electron chi connectivity index (χ1n) is 30.7. The quantitative estimate of drug-likeness (QED) is 0.227. The van der Waals surface area contributed by atoms with E-state index in [1.165, 1.54) is 83.9 Å². The van der Waals surface area contributed by atoms with Crippen molar-refractivity contribution < 1.29 is 0 Å². The van der Waals surface area contributed by atoms with E-state index in [0.29, 0.717) is 27.1 Å². The molecular weight excluding hydrogens is 829 g/mol. The molecule has 0 saturated heterocycles. The Morgan fingerprint density at radius 2 is 0.319 bits per heavy atom. The van der Waals surface area contributed by atoms with Gasteiger partial charge in [-0.25, -0.2) is 0 Å². The van der Waals surface area contributed by atoms with Crippen LogP contribution in [0, 0.1) is 110 Å². The van der Waals surface area contributed by atoms with E-state index in [1.54, 1.807) is 167 Å². The van der Waals surface area contributed by atoms with Gasteiger partial charge < -0.3 is 0 Å². The lowest BCUT2D eigenvalue weighted by Crippen LogP contribution is -2.38. The van der Waals surface area contributed by atoms with Crippen molar-refractivity contribution in [3.8, 4) is 0 Å². The van der Waals surface area contributed by atoms with E-state index in [1.807, 2.05) is 0 Å². The molecule has 0 radical (unpaired) electrons. The van der Waals surface area contributed by atoms with Gasteiger partial charge in [0.2, 0.25) is 0 Å². The van der Waals surface area contributed by atoms with Crippen molar-refractivity contribution in [2.75, 3.05) is 0 Å². The summed E-state index contributed by atoms with van der Waals surface area (Å²) in [5, 5.41) is 0. The summed E-state index contributed by atoms with van der Waals surface area (Å²) in [5.74, 6) is 16.5. The molecule has 15 aliphatic rings. The number of rotatable bonds is 0. The molecule has 0 spiro atoms. The van der Waals surface area contributed by atoms with Crippen molar-refractivity contribution in [2.45, 2.75) is 333 Å². The van der Waals surface area contributed by atoms with Crippen molar-refractivity contribution in [1.82, 2.24) is 0 Å². The Morgan fingerprint density at radius 3 is 0.449 bits per heavy atom. The van der Waals surface area contributed by atoms with Crippen LogP contribution in [0.2, 0.25) is 0 Å². The molecule has 15 aliphatic carbocycles. The zero-order chi connectivity index (χ0) is 50.4. The van der Waals surface area contributed by atoms with Crippen LogP contribution < -0.4 is 0 Å². The van der Waals surface area contributed by atoms with Crippen LogP contribution in [0.15, 0.2) is 0 Å². The van der Waals surface area contributed by atoms with Crippen LogP contribution in [0.3, 0.4) is 0 Å². The average Bonchev–Trinajstić information content (AvgIpc) is 4.01. The second-order valence-electron chi connectivity index (χ2n) is 34.3. The zero-order valence-corrected chi connectivity index (χ0v) is 50.4. The largest absolute Gasteiger partial charge is 0.0776 e. The van der Waals surface area contributed by atoms with Gasteiger partial charge in [0, 0.05) is 0 Å². The molecule has 0 aliphatic heterocycles. The third-order valence-electron chi connectivity index (χ3n) is 16.4. The molecule has 0 nitrogen and oxygen atoms in total. The lowest BCUT2D eigenvalue weighted by atomic mass is 9.56. The highest BCUT2D eigenvalue weighted by atomic mass is 14.5. The molecule has 0 atom stereocenters. The summed E-state index contributed by atoms with van der Waals surface area (Å²) in [6.07, 6.45) is 44.2. The molecule has 15 saturated carbocycles. The topological polar surface area (TPSA) is 0 Å². The predicted molar refractivity (Wildman–Crippen MR) is 317 cm³/mol. The van der Waals surface area contributed by atoms with Gasteiger partial charge >= 0.3 is 0 Å². The van der Waals surface area contributed by atoms with E-state index in [9.17, 15) is 0 Å². The Labute approximate surface area is 441 Å². The van der Waals surface area contributed by atoms with Crippen molar-refractivity contribution in [1.29, 1.82) is 0 Å². The summed E-state index contributed by atoms with van der Waals surface area (Å²) in [5.41, 5.74) is 2.50. The van der Waals surface area contributed by atoms with E-state index < -0.39 is 0 Å². The lowest BCUT2D eigenvalue weighted by molar-refractivity contribution is 0.0198. The predicted octanol–water partition coefficient (Wildman–Crippen LogP) is 24.2. The van der Waals surface area contributed by atoms with Crippen LogP contribution in [0.1, 0.15) is 333 Å². The molecule has 0 heteroatoms. The maximum absolute atomic E-state index is 2.19. The summed E-state index contributed by atoms with van der Waals surface area (Å²) >= 11 is 0. The van der Waals surface area contributed by atoms with Gasteiger partial charge in [0.1, 0.15) is 0 Å². The minimum atomic E-state index is 0. The summed E-state index contributed by atoms with van der Waals surface area (Å²) < 4.78 is 0. The smallest absolute Gasteiger partial charge is 0.0380 e. The molecule has 15 rings (SSSR count). The van der Waals surface area contributed by atoms with Gasteiger partial charge in [0.05, 0.1) is 0 Å². The molecule has 0 amide bonds. The van der Waals surface area contributed by atoms with Crippen LogP contribution in [0.25, 0.3) is 0 Å². The molecular formula is C69H138. The molecule has 12 bridgehead atoms. The first-order valence-corrected chi connectivity index (χ1v) is 30.7. The van der Waals surface area contributed by atoms with Crippen molar-refractivity contribution in [3.63, 3.8) is 0 Å². The summed E-state index contributed by atoms with van der Waals surface area (Å²) in [4.78, 5) is 0. The van der Waals surface area contributed by atoms with Gasteiger partial charge in [-0.05, 0) is 187 Å². The fourth-order valence-electron chi connectivity index (χ4n) is 14.7. The van der Waals surface area contributed by atoms with Crippen LogP contribution in [0.4, 0.5) is 0 Å². The Balaban J connectivity index is 0.000000388. The van der Waals surface area contributed by atoms with Crippen LogP contribution in [0.5, 0.6) is 0 Å². The normalized spacial score (nSPS) is 36.0. The van der Waals surface area contributed by atoms with Crippen LogP contribution in [-0.2, 0) is 0 Å². The van der Waals surface area contributed by atoms with Crippen LogP contribution in [-0.4, -0.2) is 0 Å². The zero-order valence-electron chi connectivity index (χ0n) is 50.4. The van der Waals surface area contributed by atoms with E-state index in [0.717, 1.165) is 11.8 Å². The first kappa shape index (κ1) is 67.0. The van der Waals surface area contributed by atoms with E-state index in [-0.39, 0.29) is 14.9 Å². The molecule has 0 unspecified atom stereocenters. The van der Waals surface area contributed by atoms with Gasteiger partial charge in [0.15, 0.2) is 0 Å². The standard InChI is InChI=1S/C10H16.C9H14.2C8H14.C7H12.5C5H12.2CH4/c1-7-2-9-4-8(1)5-10(3-7)6-9;1-6-2-8-4-7(1)5-9(8)3-6;1-3-7-5-2-6-8(7)4-1;1-2-8-5-3-7(1)4-6-8;1-2-7-4-3-6(1)5-7;5*1-5(2,3)4;;/h7-10H,1-6H2;6-9H,1-5H2;2*7-8H,1-6H2;6-7H,1-5H2;5*1-4H3;2*1H4. The fraction of sp³-hybridized carbons (Fsp3) is 1.00. The SMILES string of the molecule is C.C.C1C2CC3CC1CC(C2)C3.C1C2CC3CC1CC3C2.C1CC2CCC1C2.C1CC2CCC1CC2.C1CC2CCCC2C1.CC(C)(C)C.CC(C)(C)C.CC(C)(C)C.CC(C)(C)C.CC(C)(C)C. The Bertz CT molecular complexity index is 1020. The number of fused-ring (bicyclic) bond motifs is 6. The maximum Gasteiger partial charge on any atom is -0.0380 e. The Kier molecular flexibility index (Phi) is 29.6. The van der Waals surface area contributed by atoms with Gasteiger partial charge in [-0.15, -0.1) is 0 Å². The second kappa shape index (κ2) is 30.5. The minimum Gasteiger partial charge on any atom is -0.0776 e. The summed E-state index contributed by atoms with van der Waals surface area (Å²) in [6.45, 7) is 43.8. The van der Waals surface area contributed by atoms with E-state index >= 15 is 0 Å². The summed E-state index contributed by atoms with van der Waals surface area (Å²) in [6, 6.07) is 0.